The minimum Gasteiger partial charge on any atom is -0.497 e. The van der Waals surface area contributed by atoms with Crippen LogP contribution in [0.5, 0.6) is 11.5 Å². The predicted molar refractivity (Wildman–Crippen MR) is 135 cm³/mol. The fraction of sp³-hybridized carbons (Fsp3) is 0.500. The van der Waals surface area contributed by atoms with Crippen molar-refractivity contribution < 1.29 is 22.7 Å². The number of amides is 1. The number of methoxy groups -OCH3 is 1. The van der Waals surface area contributed by atoms with Crippen LogP contribution in [0.1, 0.15) is 38.5 Å². The normalized spacial score (nSPS) is 18.7. The van der Waals surface area contributed by atoms with Gasteiger partial charge in [0.15, 0.2) is 0 Å². The first-order valence-corrected chi connectivity index (χ1v) is 13.9. The van der Waals surface area contributed by atoms with Crippen molar-refractivity contribution in [1.29, 1.82) is 0 Å². The van der Waals surface area contributed by atoms with E-state index in [2.05, 4.69) is 0 Å². The van der Waals surface area contributed by atoms with Crippen molar-refractivity contribution in [3.05, 3.63) is 53.6 Å². The molecule has 2 aromatic rings. The van der Waals surface area contributed by atoms with Crippen LogP contribution in [-0.4, -0.2) is 63.4 Å². The summed E-state index contributed by atoms with van der Waals surface area (Å²) in [5.74, 6) is 1.43. The highest BCUT2D eigenvalue weighted by Gasteiger charge is 2.41. The van der Waals surface area contributed by atoms with E-state index in [-0.39, 0.29) is 10.8 Å². The molecule has 0 atom stereocenters. The van der Waals surface area contributed by atoms with Gasteiger partial charge in [0.05, 0.1) is 18.6 Å². The van der Waals surface area contributed by atoms with E-state index in [1.165, 1.54) is 4.31 Å². The lowest BCUT2D eigenvalue weighted by Crippen LogP contribution is -2.48. The number of hydrogen-bond acceptors (Lipinski definition) is 5. The first-order valence-electron chi connectivity index (χ1n) is 12.1. The Morgan fingerprint density at radius 1 is 0.914 bits per heavy atom. The lowest BCUT2D eigenvalue weighted by atomic mass is 9.76. The summed E-state index contributed by atoms with van der Waals surface area (Å²) in [6, 6.07) is 13.6. The molecule has 1 amide bonds. The van der Waals surface area contributed by atoms with E-state index in [0.717, 1.165) is 32.4 Å². The van der Waals surface area contributed by atoms with Crippen LogP contribution in [0.2, 0.25) is 5.02 Å². The summed E-state index contributed by atoms with van der Waals surface area (Å²) in [4.78, 5) is 15.4. The van der Waals surface area contributed by atoms with Gasteiger partial charge in [-0.25, -0.2) is 8.42 Å². The van der Waals surface area contributed by atoms with Crippen LogP contribution in [0.25, 0.3) is 0 Å². The molecule has 7 nitrogen and oxygen atoms in total. The van der Waals surface area contributed by atoms with E-state index in [1.54, 1.807) is 43.5 Å². The van der Waals surface area contributed by atoms with E-state index in [9.17, 15) is 13.2 Å². The molecule has 9 heteroatoms. The molecular weight excluding hydrogens is 488 g/mol. The number of rotatable bonds is 8. The average Bonchev–Trinajstić information content (AvgIpc) is 2.89. The third-order valence-corrected chi connectivity index (χ3v) is 9.24. The highest BCUT2D eigenvalue weighted by Crippen LogP contribution is 2.38. The molecule has 2 heterocycles. The van der Waals surface area contributed by atoms with E-state index in [1.807, 2.05) is 17.0 Å². The number of likely N-dealkylation sites (tertiary alicyclic amines) is 1. The quantitative estimate of drug-likeness (QED) is 0.508. The molecule has 4 rings (SSSR count). The van der Waals surface area contributed by atoms with E-state index >= 15 is 0 Å². The number of nitrogens with zero attached hydrogens (tertiary/aromatic N) is 2. The maximum atomic E-state index is 13.2. The largest absolute Gasteiger partial charge is 0.497 e. The van der Waals surface area contributed by atoms with Crippen LogP contribution >= 0.6 is 11.6 Å². The second-order valence-electron chi connectivity index (χ2n) is 9.44. The van der Waals surface area contributed by atoms with E-state index in [4.69, 9.17) is 21.1 Å². The maximum absolute atomic E-state index is 13.2. The standard InChI is InChI=1S/C26H33ClN2O5S/c1-33-22-9-11-24(12-10-22)35(31,32)29-17-13-26(14-18-29,19-25(30)28-15-3-2-4-16-28)20-34-23-7-5-21(27)6-8-23/h5-12H,2-4,13-20H2,1H3. The Hall–Kier alpha value is -2.29. The molecule has 0 spiro atoms. The molecule has 0 saturated carbocycles. The van der Waals surface area contributed by atoms with Gasteiger partial charge in [-0.15, -0.1) is 0 Å². The smallest absolute Gasteiger partial charge is 0.243 e. The molecular formula is C26H33ClN2O5S. The van der Waals surface area contributed by atoms with Gasteiger partial charge in [0, 0.05) is 43.0 Å². The summed E-state index contributed by atoms with van der Waals surface area (Å²) in [6.45, 7) is 2.62. The zero-order valence-corrected chi connectivity index (χ0v) is 21.7. The average molecular weight is 521 g/mol. The summed E-state index contributed by atoms with van der Waals surface area (Å²) in [5, 5.41) is 0.629. The van der Waals surface area contributed by atoms with Crippen LogP contribution < -0.4 is 9.47 Å². The van der Waals surface area contributed by atoms with E-state index < -0.39 is 15.4 Å². The number of benzene rings is 2. The molecule has 2 aromatic carbocycles. The second-order valence-corrected chi connectivity index (χ2v) is 11.8. The first-order chi connectivity index (χ1) is 16.8. The maximum Gasteiger partial charge on any atom is 0.243 e. The van der Waals surface area contributed by atoms with Gasteiger partial charge in [-0.1, -0.05) is 11.6 Å². The molecule has 0 radical (unpaired) electrons. The van der Waals surface area contributed by atoms with Gasteiger partial charge in [0.25, 0.3) is 0 Å². The highest BCUT2D eigenvalue weighted by molar-refractivity contribution is 7.89. The zero-order chi connectivity index (χ0) is 24.9. The lowest BCUT2D eigenvalue weighted by Gasteiger charge is -2.42. The summed E-state index contributed by atoms with van der Waals surface area (Å²) in [6.07, 6.45) is 4.69. The fourth-order valence-corrected chi connectivity index (χ4v) is 6.38. The van der Waals surface area contributed by atoms with Crippen molar-refractivity contribution in [2.45, 2.75) is 43.4 Å². The third-order valence-electron chi connectivity index (χ3n) is 7.07. The topological polar surface area (TPSA) is 76.1 Å². The molecule has 35 heavy (non-hydrogen) atoms. The van der Waals surface area contributed by atoms with Gasteiger partial charge in [0.1, 0.15) is 11.5 Å². The molecule has 0 unspecified atom stereocenters. The van der Waals surface area contributed by atoms with Gasteiger partial charge in [-0.3, -0.25) is 4.79 Å². The van der Waals surface area contributed by atoms with Crippen molar-refractivity contribution in [1.82, 2.24) is 9.21 Å². The SMILES string of the molecule is COc1ccc(S(=O)(=O)N2CCC(COc3ccc(Cl)cc3)(CC(=O)N3CCCCC3)CC2)cc1. The number of hydrogen-bond donors (Lipinski definition) is 0. The number of sulfonamides is 1. The van der Waals surface area contributed by atoms with Gasteiger partial charge in [0.2, 0.25) is 15.9 Å². The van der Waals surface area contributed by atoms with Crippen molar-refractivity contribution in [2.75, 3.05) is 39.9 Å². The van der Waals surface area contributed by atoms with Gasteiger partial charge < -0.3 is 14.4 Å². The third kappa shape index (κ3) is 6.29. The van der Waals surface area contributed by atoms with E-state index in [0.29, 0.717) is 55.5 Å². The minimum atomic E-state index is -3.63. The lowest BCUT2D eigenvalue weighted by molar-refractivity contribution is -0.136. The van der Waals surface area contributed by atoms with Gasteiger partial charge in [-0.2, -0.15) is 4.31 Å². The second kappa shape index (κ2) is 11.2. The van der Waals surface area contributed by atoms with Crippen LogP contribution in [0.3, 0.4) is 0 Å². The monoisotopic (exact) mass is 520 g/mol. The summed E-state index contributed by atoms with van der Waals surface area (Å²) < 4.78 is 39.3. The molecule has 0 aromatic heterocycles. The minimum absolute atomic E-state index is 0.135. The van der Waals surface area contributed by atoms with Gasteiger partial charge >= 0.3 is 0 Å². The summed E-state index contributed by atoms with van der Waals surface area (Å²) in [7, 11) is -2.08. The Labute approximate surface area is 213 Å². The molecule has 0 bridgehead atoms. The van der Waals surface area contributed by atoms with Gasteiger partial charge in [-0.05, 0) is 80.6 Å². The Morgan fingerprint density at radius 2 is 1.51 bits per heavy atom. The molecule has 2 aliphatic heterocycles. The fourth-order valence-electron chi connectivity index (χ4n) is 4.81. The van der Waals surface area contributed by atoms with Crippen LogP contribution in [0.4, 0.5) is 0 Å². The van der Waals surface area contributed by atoms with Crippen LogP contribution in [0, 0.1) is 5.41 Å². The number of ether oxygens (including phenoxy) is 2. The first kappa shape index (κ1) is 25.8. The van der Waals surface area contributed by atoms with Crippen LogP contribution in [-0.2, 0) is 14.8 Å². The number of carbonyl (C=O) groups is 1. The highest BCUT2D eigenvalue weighted by atomic mass is 35.5. The molecule has 190 valence electrons. The zero-order valence-electron chi connectivity index (χ0n) is 20.1. The number of piperidine rings is 2. The number of halogens is 1. The summed E-state index contributed by atoms with van der Waals surface area (Å²) >= 11 is 5.99. The van der Waals surface area contributed by atoms with Crippen LogP contribution in [0.15, 0.2) is 53.4 Å². The molecule has 2 aliphatic rings. The van der Waals surface area contributed by atoms with Crippen molar-refractivity contribution in [3.8, 4) is 11.5 Å². The summed E-state index contributed by atoms with van der Waals surface area (Å²) in [5.41, 5.74) is -0.430. The Morgan fingerprint density at radius 3 is 2.11 bits per heavy atom. The van der Waals surface area contributed by atoms with Crippen molar-refractivity contribution in [3.63, 3.8) is 0 Å². The molecule has 0 N–H and O–H groups in total. The number of carbonyl (C=O) groups excluding carboxylic acids is 1. The van der Waals surface area contributed by atoms with Crippen molar-refractivity contribution in [2.24, 2.45) is 5.41 Å². The Bertz CT molecular complexity index is 1090. The predicted octanol–water partition coefficient (Wildman–Crippen LogP) is 4.60. The molecule has 0 aliphatic carbocycles. The molecule has 2 fully saturated rings. The molecule has 2 saturated heterocycles. The Kier molecular flexibility index (Phi) is 8.24. The Balaban J connectivity index is 1.48. The van der Waals surface area contributed by atoms with Crippen molar-refractivity contribution >= 4 is 27.5 Å².